The number of rotatable bonds is 4. The van der Waals surface area contributed by atoms with Crippen LogP contribution in [0.25, 0.3) is 10.9 Å². The Labute approximate surface area is 139 Å². The fourth-order valence-electron chi connectivity index (χ4n) is 2.69. The van der Waals surface area contributed by atoms with Crippen LogP contribution >= 0.6 is 0 Å². The lowest BCUT2D eigenvalue weighted by molar-refractivity contribution is 0.585. The average Bonchev–Trinajstić information content (AvgIpc) is 2.54. The fourth-order valence-corrected chi connectivity index (χ4v) is 3.87. The van der Waals surface area contributed by atoms with Gasteiger partial charge in [-0.1, -0.05) is 30.3 Å². The minimum atomic E-state index is -3.56. The van der Waals surface area contributed by atoms with E-state index in [1.54, 1.807) is 55.5 Å². The maximum absolute atomic E-state index is 12.3. The van der Waals surface area contributed by atoms with Gasteiger partial charge in [0.15, 0.2) is 0 Å². The Hall–Kier alpha value is -2.67. The van der Waals surface area contributed by atoms with E-state index in [-0.39, 0.29) is 5.56 Å². The lowest BCUT2D eigenvalue weighted by atomic mass is 10.2. The predicted octanol–water partition coefficient (Wildman–Crippen LogP) is 2.45. The highest BCUT2D eigenvalue weighted by atomic mass is 32.2. The molecule has 7 heteroatoms. The summed E-state index contributed by atoms with van der Waals surface area (Å²) < 4.78 is 25.9. The number of hydrogen-bond acceptors (Lipinski definition) is 4. The molecule has 1 atom stereocenters. The first-order valence-electron chi connectivity index (χ1n) is 7.41. The highest BCUT2D eigenvalue weighted by Gasteiger charge is 2.26. The van der Waals surface area contributed by atoms with E-state index in [2.05, 4.69) is 9.97 Å². The molecule has 24 heavy (non-hydrogen) atoms. The van der Waals surface area contributed by atoms with Gasteiger partial charge in [-0.3, -0.25) is 9.10 Å². The minimum absolute atomic E-state index is 0.288. The van der Waals surface area contributed by atoms with E-state index < -0.39 is 16.1 Å². The van der Waals surface area contributed by atoms with Crippen molar-refractivity contribution < 1.29 is 8.42 Å². The monoisotopic (exact) mass is 343 g/mol. The lowest BCUT2D eigenvalue weighted by Gasteiger charge is -2.28. The van der Waals surface area contributed by atoms with Crippen molar-refractivity contribution in [2.24, 2.45) is 0 Å². The molecule has 0 aliphatic carbocycles. The predicted molar refractivity (Wildman–Crippen MR) is 94.5 cm³/mol. The molecule has 0 aliphatic rings. The standard InChI is InChI=1S/C17H17N3O3S/c1-12(20(24(2,22)23)13-8-4-3-5-9-13)16-18-15-11-7-6-10-14(15)17(21)19-16/h3-12H,1-2H3,(H,18,19,21)/t12-/m1/s1. The molecule has 0 saturated heterocycles. The summed E-state index contributed by atoms with van der Waals surface area (Å²) in [6.45, 7) is 1.70. The zero-order valence-electron chi connectivity index (χ0n) is 13.3. The largest absolute Gasteiger partial charge is 0.308 e. The summed E-state index contributed by atoms with van der Waals surface area (Å²) in [6.07, 6.45) is 1.13. The molecular weight excluding hydrogens is 326 g/mol. The molecule has 1 heterocycles. The summed E-state index contributed by atoms with van der Waals surface area (Å²) in [4.78, 5) is 19.4. The van der Waals surface area contributed by atoms with Gasteiger partial charge in [0.05, 0.1) is 22.8 Å². The number of benzene rings is 2. The first kappa shape index (κ1) is 16.2. The van der Waals surface area contributed by atoms with Crippen molar-refractivity contribution in [3.05, 3.63) is 70.8 Å². The number of nitrogens with one attached hydrogen (secondary N) is 1. The number of sulfonamides is 1. The van der Waals surface area contributed by atoms with Crippen LogP contribution in [0.4, 0.5) is 5.69 Å². The van der Waals surface area contributed by atoms with Crippen molar-refractivity contribution in [2.75, 3.05) is 10.6 Å². The van der Waals surface area contributed by atoms with E-state index in [4.69, 9.17) is 0 Å². The number of aromatic amines is 1. The van der Waals surface area contributed by atoms with Gasteiger partial charge in [0.25, 0.3) is 5.56 Å². The Morgan fingerprint density at radius 1 is 1.04 bits per heavy atom. The van der Waals surface area contributed by atoms with Gasteiger partial charge >= 0.3 is 0 Å². The number of nitrogens with zero attached hydrogens (tertiary/aromatic N) is 2. The molecule has 2 aromatic carbocycles. The number of para-hydroxylation sites is 2. The molecule has 0 saturated carbocycles. The molecule has 3 rings (SSSR count). The summed E-state index contributed by atoms with van der Waals surface area (Å²) >= 11 is 0. The van der Waals surface area contributed by atoms with Crippen LogP contribution in [-0.4, -0.2) is 24.6 Å². The molecule has 0 aliphatic heterocycles. The highest BCUT2D eigenvalue weighted by Crippen LogP contribution is 2.27. The van der Waals surface area contributed by atoms with Crippen molar-refractivity contribution >= 4 is 26.6 Å². The number of H-pyrrole nitrogens is 1. The van der Waals surface area contributed by atoms with E-state index in [0.29, 0.717) is 22.4 Å². The highest BCUT2D eigenvalue weighted by molar-refractivity contribution is 7.92. The summed E-state index contributed by atoms with van der Waals surface area (Å²) in [7, 11) is -3.56. The SMILES string of the molecule is C[C@H](c1nc2ccccc2c(=O)[nH]1)N(c1ccccc1)S(C)(=O)=O. The third-order valence-corrected chi connectivity index (χ3v) is 4.99. The maximum Gasteiger partial charge on any atom is 0.258 e. The van der Waals surface area contributed by atoms with Gasteiger partial charge < -0.3 is 4.98 Å². The van der Waals surface area contributed by atoms with Crippen molar-refractivity contribution in [1.82, 2.24) is 9.97 Å². The van der Waals surface area contributed by atoms with Crippen molar-refractivity contribution in [2.45, 2.75) is 13.0 Å². The van der Waals surface area contributed by atoms with Gasteiger partial charge in [-0.25, -0.2) is 13.4 Å². The third kappa shape index (κ3) is 3.03. The van der Waals surface area contributed by atoms with Crippen LogP contribution in [0.3, 0.4) is 0 Å². The van der Waals surface area contributed by atoms with Crippen molar-refractivity contribution in [3.8, 4) is 0 Å². The third-order valence-electron chi connectivity index (χ3n) is 3.75. The quantitative estimate of drug-likeness (QED) is 0.789. The van der Waals surface area contributed by atoms with Gasteiger partial charge in [0.1, 0.15) is 11.9 Å². The Kier molecular flexibility index (Phi) is 4.11. The van der Waals surface area contributed by atoms with Gasteiger partial charge in [-0.05, 0) is 31.2 Å². The van der Waals surface area contributed by atoms with Crippen LogP contribution < -0.4 is 9.86 Å². The van der Waals surface area contributed by atoms with Crippen LogP contribution in [-0.2, 0) is 10.0 Å². The molecule has 0 spiro atoms. The van der Waals surface area contributed by atoms with E-state index >= 15 is 0 Å². The van der Waals surface area contributed by atoms with Gasteiger partial charge in [-0.2, -0.15) is 0 Å². The summed E-state index contributed by atoms with van der Waals surface area (Å²) in [5.74, 6) is 0.299. The molecule has 0 amide bonds. The second-order valence-corrected chi connectivity index (χ2v) is 7.40. The van der Waals surface area contributed by atoms with Gasteiger partial charge in [0, 0.05) is 0 Å². The topological polar surface area (TPSA) is 83.1 Å². The number of hydrogen-bond donors (Lipinski definition) is 1. The van der Waals surface area contributed by atoms with Crippen LogP contribution in [0.1, 0.15) is 18.8 Å². The summed E-state index contributed by atoms with van der Waals surface area (Å²) in [6, 6.07) is 15.0. The van der Waals surface area contributed by atoms with Gasteiger partial charge in [0.2, 0.25) is 10.0 Å². The Balaban J connectivity index is 2.15. The Bertz CT molecular complexity index is 1030. The summed E-state index contributed by atoms with van der Waals surface area (Å²) in [5, 5.41) is 0.471. The lowest BCUT2D eigenvalue weighted by Crippen LogP contribution is -2.34. The average molecular weight is 343 g/mol. The van der Waals surface area contributed by atoms with E-state index in [0.717, 1.165) is 6.26 Å². The molecule has 0 radical (unpaired) electrons. The molecule has 0 fully saturated rings. The van der Waals surface area contributed by atoms with Crippen LogP contribution in [0, 0.1) is 0 Å². The smallest absolute Gasteiger partial charge is 0.258 e. The van der Waals surface area contributed by atoms with E-state index in [9.17, 15) is 13.2 Å². The Morgan fingerprint density at radius 2 is 1.67 bits per heavy atom. The van der Waals surface area contributed by atoms with Gasteiger partial charge in [-0.15, -0.1) is 0 Å². The van der Waals surface area contributed by atoms with E-state index in [1.165, 1.54) is 4.31 Å². The number of fused-ring (bicyclic) bond motifs is 1. The van der Waals surface area contributed by atoms with Crippen molar-refractivity contribution in [3.63, 3.8) is 0 Å². The minimum Gasteiger partial charge on any atom is -0.308 e. The molecule has 124 valence electrons. The second-order valence-electron chi connectivity index (χ2n) is 5.54. The molecule has 1 N–H and O–H groups in total. The van der Waals surface area contributed by atoms with Crippen molar-refractivity contribution in [1.29, 1.82) is 0 Å². The van der Waals surface area contributed by atoms with E-state index in [1.807, 2.05) is 6.07 Å². The zero-order valence-corrected chi connectivity index (χ0v) is 14.1. The molecule has 0 unspecified atom stereocenters. The summed E-state index contributed by atoms with van der Waals surface area (Å²) in [5.41, 5.74) is 0.761. The fraction of sp³-hybridized carbons (Fsp3) is 0.176. The normalized spacial score (nSPS) is 12.9. The second kappa shape index (κ2) is 6.09. The molecule has 1 aromatic heterocycles. The number of aromatic nitrogens is 2. The molecule has 6 nitrogen and oxygen atoms in total. The maximum atomic E-state index is 12.3. The molecular formula is C17H17N3O3S. The zero-order chi connectivity index (χ0) is 17.3. The first-order chi connectivity index (χ1) is 11.4. The van der Waals surface area contributed by atoms with Crippen LogP contribution in [0.2, 0.25) is 0 Å². The van der Waals surface area contributed by atoms with Crippen LogP contribution in [0.15, 0.2) is 59.4 Å². The molecule has 0 bridgehead atoms. The first-order valence-corrected chi connectivity index (χ1v) is 9.26. The molecule has 3 aromatic rings. The van der Waals surface area contributed by atoms with Crippen LogP contribution in [0.5, 0.6) is 0 Å². The Morgan fingerprint density at radius 3 is 2.33 bits per heavy atom. The number of anilines is 1.